The van der Waals surface area contributed by atoms with Gasteiger partial charge in [-0.3, -0.25) is 0 Å². The predicted octanol–water partition coefficient (Wildman–Crippen LogP) is 3.41. The quantitative estimate of drug-likeness (QED) is 0.916. The first-order valence-electron chi connectivity index (χ1n) is 6.54. The molecule has 0 aliphatic carbocycles. The molecule has 1 saturated heterocycles. The van der Waals surface area contributed by atoms with E-state index >= 15 is 0 Å². The van der Waals surface area contributed by atoms with Gasteiger partial charge in [0.05, 0.1) is 30.9 Å². The Hall–Kier alpha value is -1.56. The Labute approximate surface area is 122 Å². The van der Waals surface area contributed by atoms with Crippen LogP contribution < -0.4 is 10.1 Å². The van der Waals surface area contributed by atoms with Crippen molar-refractivity contribution in [2.75, 3.05) is 25.6 Å². The number of hydrogen-bond acceptors (Lipinski definition) is 5. The summed E-state index contributed by atoms with van der Waals surface area (Å²) in [6, 6.07) is 10.0. The summed E-state index contributed by atoms with van der Waals surface area (Å²) in [6.07, 6.45) is -0.181. The van der Waals surface area contributed by atoms with Gasteiger partial charge >= 0.3 is 0 Å². The van der Waals surface area contributed by atoms with Crippen molar-refractivity contribution >= 4 is 17.0 Å². The van der Waals surface area contributed by atoms with Crippen molar-refractivity contribution < 1.29 is 14.2 Å². The van der Waals surface area contributed by atoms with E-state index in [9.17, 15) is 0 Å². The van der Waals surface area contributed by atoms with Crippen LogP contribution in [0, 0.1) is 0 Å². The second kappa shape index (κ2) is 6.26. The Bertz CT molecular complexity index is 564. The molecule has 0 unspecified atom stereocenters. The highest BCUT2D eigenvalue weighted by Gasteiger charge is 2.19. The lowest BCUT2D eigenvalue weighted by Crippen LogP contribution is -2.00. The van der Waals surface area contributed by atoms with Crippen molar-refractivity contribution in [3.05, 3.63) is 46.2 Å². The largest absolute Gasteiger partial charge is 0.495 e. The maximum Gasteiger partial charge on any atom is 0.193 e. The molecule has 0 spiro atoms. The van der Waals surface area contributed by atoms with Gasteiger partial charge in [0.15, 0.2) is 6.29 Å². The van der Waals surface area contributed by atoms with Crippen molar-refractivity contribution in [1.29, 1.82) is 0 Å². The molecule has 1 aromatic carbocycles. The normalized spacial score (nSPS) is 15.4. The Morgan fingerprint density at radius 1 is 1.30 bits per heavy atom. The molecule has 20 heavy (non-hydrogen) atoms. The Kier molecular flexibility index (Phi) is 4.20. The molecule has 4 nitrogen and oxygen atoms in total. The number of benzene rings is 1. The first-order chi connectivity index (χ1) is 9.86. The molecule has 1 N–H and O–H groups in total. The molecule has 1 aromatic heterocycles. The van der Waals surface area contributed by atoms with Crippen LogP contribution >= 0.6 is 11.3 Å². The highest BCUT2D eigenvalue weighted by molar-refractivity contribution is 7.10. The summed E-state index contributed by atoms with van der Waals surface area (Å²) in [4.78, 5) is 1.12. The number of nitrogens with one attached hydrogen (secondary N) is 1. The molecule has 1 aliphatic heterocycles. The summed E-state index contributed by atoms with van der Waals surface area (Å²) in [5.41, 5.74) is 2.21. The van der Waals surface area contributed by atoms with Gasteiger partial charge in [0.1, 0.15) is 5.75 Å². The third-order valence-electron chi connectivity index (χ3n) is 3.12. The first-order valence-corrected chi connectivity index (χ1v) is 7.42. The van der Waals surface area contributed by atoms with E-state index in [2.05, 4.69) is 16.8 Å². The highest BCUT2D eigenvalue weighted by atomic mass is 32.1. The molecule has 2 aromatic rings. The van der Waals surface area contributed by atoms with Crippen molar-refractivity contribution in [3.8, 4) is 5.75 Å². The lowest BCUT2D eigenvalue weighted by Gasteiger charge is -2.10. The zero-order valence-electron chi connectivity index (χ0n) is 11.3. The highest BCUT2D eigenvalue weighted by Crippen LogP contribution is 2.30. The lowest BCUT2D eigenvalue weighted by atomic mass is 10.2. The Balaban J connectivity index is 1.63. The van der Waals surface area contributed by atoms with Crippen LogP contribution in [0.1, 0.15) is 16.7 Å². The van der Waals surface area contributed by atoms with Crippen LogP contribution in [-0.2, 0) is 16.0 Å². The van der Waals surface area contributed by atoms with E-state index in [1.165, 1.54) is 5.56 Å². The minimum Gasteiger partial charge on any atom is -0.495 e. The van der Waals surface area contributed by atoms with Crippen LogP contribution in [-0.4, -0.2) is 20.3 Å². The summed E-state index contributed by atoms with van der Waals surface area (Å²) in [6.45, 7) is 2.11. The molecule has 0 radical (unpaired) electrons. The smallest absolute Gasteiger partial charge is 0.193 e. The van der Waals surface area contributed by atoms with E-state index in [0.717, 1.165) is 22.9 Å². The molecule has 0 amide bonds. The van der Waals surface area contributed by atoms with E-state index in [4.69, 9.17) is 14.2 Å². The molecular formula is C15H17NO3S. The fourth-order valence-corrected chi connectivity index (χ4v) is 3.03. The summed E-state index contributed by atoms with van der Waals surface area (Å²) in [5.74, 6) is 0.852. The number of ether oxygens (including phenoxy) is 3. The molecule has 0 atom stereocenters. The van der Waals surface area contributed by atoms with E-state index in [1.54, 1.807) is 18.4 Å². The molecule has 0 saturated carbocycles. The van der Waals surface area contributed by atoms with Crippen molar-refractivity contribution in [2.45, 2.75) is 12.8 Å². The fraction of sp³-hybridized carbons (Fsp3) is 0.333. The van der Waals surface area contributed by atoms with Crippen LogP contribution in [0.3, 0.4) is 0 Å². The fourth-order valence-electron chi connectivity index (χ4n) is 2.12. The molecule has 106 valence electrons. The average Bonchev–Trinajstić information content (AvgIpc) is 3.16. The van der Waals surface area contributed by atoms with Gasteiger partial charge in [0, 0.05) is 6.54 Å². The number of thiophene rings is 1. The van der Waals surface area contributed by atoms with Crippen molar-refractivity contribution in [2.24, 2.45) is 0 Å². The number of rotatable bonds is 5. The topological polar surface area (TPSA) is 39.7 Å². The minimum atomic E-state index is -0.181. The third-order valence-corrected chi connectivity index (χ3v) is 4.12. The van der Waals surface area contributed by atoms with Gasteiger partial charge in [-0.2, -0.15) is 0 Å². The lowest BCUT2D eigenvalue weighted by molar-refractivity contribution is -0.0413. The van der Waals surface area contributed by atoms with Gasteiger partial charge in [-0.05, 0) is 29.1 Å². The second-order valence-electron chi connectivity index (χ2n) is 4.48. The SMILES string of the molecule is COc1ccccc1NCc1csc(C2OCCO2)c1. The molecule has 1 fully saturated rings. The van der Waals surface area contributed by atoms with Gasteiger partial charge in [0.25, 0.3) is 0 Å². The van der Waals surface area contributed by atoms with Gasteiger partial charge in [-0.1, -0.05) is 12.1 Å². The Morgan fingerprint density at radius 3 is 2.90 bits per heavy atom. The number of anilines is 1. The number of para-hydroxylation sites is 2. The number of methoxy groups -OCH3 is 1. The molecule has 0 bridgehead atoms. The van der Waals surface area contributed by atoms with Gasteiger partial charge in [0.2, 0.25) is 0 Å². The van der Waals surface area contributed by atoms with Crippen LogP contribution in [0.25, 0.3) is 0 Å². The molecule has 2 heterocycles. The van der Waals surface area contributed by atoms with Gasteiger partial charge in [-0.15, -0.1) is 11.3 Å². The van der Waals surface area contributed by atoms with Crippen LogP contribution in [0.4, 0.5) is 5.69 Å². The van der Waals surface area contributed by atoms with E-state index < -0.39 is 0 Å². The van der Waals surface area contributed by atoms with Crippen LogP contribution in [0.5, 0.6) is 5.75 Å². The second-order valence-corrected chi connectivity index (χ2v) is 5.43. The third kappa shape index (κ3) is 2.95. The minimum absolute atomic E-state index is 0.181. The summed E-state index contributed by atoms with van der Waals surface area (Å²) >= 11 is 1.67. The summed E-state index contributed by atoms with van der Waals surface area (Å²) in [5, 5.41) is 5.51. The van der Waals surface area contributed by atoms with Crippen molar-refractivity contribution in [3.63, 3.8) is 0 Å². The van der Waals surface area contributed by atoms with Gasteiger partial charge in [-0.25, -0.2) is 0 Å². The molecule has 1 aliphatic rings. The standard InChI is InChI=1S/C15H17NO3S/c1-17-13-5-3-2-4-12(13)16-9-11-8-14(20-10-11)15-18-6-7-19-15/h2-5,8,10,15-16H,6-7,9H2,1H3. The maximum absolute atomic E-state index is 5.50. The van der Waals surface area contributed by atoms with E-state index in [1.807, 2.05) is 24.3 Å². The average molecular weight is 291 g/mol. The monoisotopic (exact) mass is 291 g/mol. The number of hydrogen-bond donors (Lipinski definition) is 1. The molecule has 5 heteroatoms. The Morgan fingerprint density at radius 2 is 2.10 bits per heavy atom. The zero-order chi connectivity index (χ0) is 13.8. The summed E-state index contributed by atoms with van der Waals surface area (Å²) in [7, 11) is 1.68. The molecule has 3 rings (SSSR count). The molecular weight excluding hydrogens is 274 g/mol. The predicted molar refractivity (Wildman–Crippen MR) is 79.3 cm³/mol. The zero-order valence-corrected chi connectivity index (χ0v) is 12.1. The van der Waals surface area contributed by atoms with Crippen LogP contribution in [0.15, 0.2) is 35.7 Å². The van der Waals surface area contributed by atoms with Crippen molar-refractivity contribution in [1.82, 2.24) is 0 Å². The van der Waals surface area contributed by atoms with Gasteiger partial charge < -0.3 is 19.5 Å². The van der Waals surface area contributed by atoms with Crippen LogP contribution in [0.2, 0.25) is 0 Å². The van der Waals surface area contributed by atoms with E-state index in [-0.39, 0.29) is 6.29 Å². The van der Waals surface area contributed by atoms with E-state index in [0.29, 0.717) is 13.2 Å². The first kappa shape index (κ1) is 13.4. The summed E-state index contributed by atoms with van der Waals surface area (Å²) < 4.78 is 16.3. The maximum atomic E-state index is 5.50.